The van der Waals surface area contributed by atoms with Crippen molar-refractivity contribution in [3.8, 4) is 0 Å². The maximum Gasteiger partial charge on any atom is 0.0547 e. The normalized spacial score (nSPS) is 13.4. The Hall–Kier alpha value is -0.0800. The van der Waals surface area contributed by atoms with Gasteiger partial charge in [-0.15, -0.1) is 0 Å². The summed E-state index contributed by atoms with van der Waals surface area (Å²) in [5.41, 5.74) is 0. The van der Waals surface area contributed by atoms with Crippen LogP contribution in [0.15, 0.2) is 0 Å². The summed E-state index contributed by atoms with van der Waals surface area (Å²) in [7, 11) is 1.98. The Bertz CT molecular complexity index is 76.0. The smallest absolute Gasteiger partial charge is 0.0547 e. The van der Waals surface area contributed by atoms with E-state index in [0.29, 0.717) is 6.10 Å². The van der Waals surface area contributed by atoms with Gasteiger partial charge in [-0.05, 0) is 39.8 Å². The summed E-state index contributed by atoms with van der Waals surface area (Å²) in [6, 6.07) is 0. The van der Waals surface area contributed by atoms with E-state index < -0.39 is 0 Å². The fraction of sp³-hybridized carbons (Fsp3) is 1.00. The Morgan fingerprint density at radius 1 is 1.45 bits per heavy atom. The first kappa shape index (κ1) is 10.9. The molecule has 0 aromatic rings. The van der Waals surface area contributed by atoms with Gasteiger partial charge in [-0.2, -0.15) is 0 Å². The predicted octanol–water partition coefficient (Wildman–Crippen LogP) is 1.80. The zero-order valence-corrected chi connectivity index (χ0v) is 8.02. The van der Waals surface area contributed by atoms with Crippen molar-refractivity contribution >= 4 is 0 Å². The highest BCUT2D eigenvalue weighted by Gasteiger charge is 1.99. The lowest BCUT2D eigenvalue weighted by Crippen LogP contribution is -2.13. The van der Waals surface area contributed by atoms with Crippen molar-refractivity contribution in [3.63, 3.8) is 0 Å². The van der Waals surface area contributed by atoms with Crippen LogP contribution in [-0.2, 0) is 4.74 Å². The van der Waals surface area contributed by atoms with Gasteiger partial charge in [0.05, 0.1) is 6.10 Å². The molecule has 0 aliphatic rings. The molecule has 1 atom stereocenters. The van der Waals surface area contributed by atoms with Gasteiger partial charge in [0.2, 0.25) is 0 Å². The van der Waals surface area contributed by atoms with Gasteiger partial charge in [-0.3, -0.25) is 0 Å². The van der Waals surface area contributed by atoms with Gasteiger partial charge >= 0.3 is 0 Å². The second kappa shape index (κ2) is 8.02. The van der Waals surface area contributed by atoms with Crippen molar-refractivity contribution in [3.05, 3.63) is 0 Å². The quantitative estimate of drug-likeness (QED) is 0.572. The molecule has 68 valence electrons. The molecule has 0 aliphatic carbocycles. The van der Waals surface area contributed by atoms with E-state index in [0.717, 1.165) is 19.6 Å². The number of hydrogen-bond acceptors (Lipinski definition) is 2. The first-order valence-electron chi connectivity index (χ1n) is 4.57. The van der Waals surface area contributed by atoms with E-state index in [1.165, 1.54) is 12.8 Å². The summed E-state index contributed by atoms with van der Waals surface area (Å²) >= 11 is 0. The van der Waals surface area contributed by atoms with E-state index in [4.69, 9.17) is 4.74 Å². The van der Waals surface area contributed by atoms with Crippen LogP contribution in [0.2, 0.25) is 0 Å². The molecule has 1 N–H and O–H groups in total. The van der Waals surface area contributed by atoms with E-state index in [2.05, 4.69) is 19.2 Å². The molecule has 0 aliphatic heterocycles. The largest absolute Gasteiger partial charge is 0.379 e. The third kappa shape index (κ3) is 7.82. The van der Waals surface area contributed by atoms with Crippen molar-refractivity contribution in [2.75, 3.05) is 20.2 Å². The highest BCUT2D eigenvalue weighted by Crippen LogP contribution is 2.00. The van der Waals surface area contributed by atoms with Crippen LogP contribution in [0, 0.1) is 0 Å². The molecular formula is C9H21NO. The molecule has 0 heterocycles. The van der Waals surface area contributed by atoms with E-state index in [-0.39, 0.29) is 0 Å². The van der Waals surface area contributed by atoms with Crippen LogP contribution in [0.3, 0.4) is 0 Å². The highest BCUT2D eigenvalue weighted by atomic mass is 16.5. The van der Waals surface area contributed by atoms with E-state index >= 15 is 0 Å². The molecule has 11 heavy (non-hydrogen) atoms. The Morgan fingerprint density at radius 2 is 2.18 bits per heavy atom. The van der Waals surface area contributed by atoms with Gasteiger partial charge in [0.15, 0.2) is 0 Å². The van der Waals surface area contributed by atoms with Gasteiger partial charge in [-0.1, -0.05) is 6.92 Å². The summed E-state index contributed by atoms with van der Waals surface area (Å²) < 4.78 is 5.51. The van der Waals surface area contributed by atoms with Crippen molar-refractivity contribution in [1.29, 1.82) is 0 Å². The zero-order valence-electron chi connectivity index (χ0n) is 8.02. The van der Waals surface area contributed by atoms with Crippen LogP contribution >= 0.6 is 0 Å². The number of rotatable bonds is 7. The second-order valence-electron chi connectivity index (χ2n) is 2.93. The Kier molecular flexibility index (Phi) is 7.96. The van der Waals surface area contributed by atoms with Gasteiger partial charge < -0.3 is 10.1 Å². The molecule has 0 aromatic heterocycles. The van der Waals surface area contributed by atoms with E-state index in [1.807, 2.05) is 7.05 Å². The first-order valence-corrected chi connectivity index (χ1v) is 4.57. The number of nitrogens with one attached hydrogen (secondary N) is 1. The SMILES string of the molecule is CCCOC(C)CCCNC. The van der Waals surface area contributed by atoms with Gasteiger partial charge in [0.25, 0.3) is 0 Å². The van der Waals surface area contributed by atoms with Crippen LogP contribution in [0.25, 0.3) is 0 Å². The average molecular weight is 159 g/mol. The predicted molar refractivity (Wildman–Crippen MR) is 48.9 cm³/mol. The average Bonchev–Trinajstić information content (AvgIpc) is 2.01. The summed E-state index contributed by atoms with van der Waals surface area (Å²) in [5, 5.41) is 3.12. The third-order valence-electron chi connectivity index (χ3n) is 1.64. The molecule has 1 unspecified atom stereocenters. The molecule has 2 nitrogen and oxygen atoms in total. The van der Waals surface area contributed by atoms with Crippen LogP contribution in [0.5, 0.6) is 0 Å². The maximum atomic E-state index is 5.51. The topological polar surface area (TPSA) is 21.3 Å². The lowest BCUT2D eigenvalue weighted by molar-refractivity contribution is 0.0595. The summed E-state index contributed by atoms with van der Waals surface area (Å²) in [6.45, 7) is 6.28. The van der Waals surface area contributed by atoms with Crippen LogP contribution in [0.1, 0.15) is 33.1 Å². The molecule has 0 rings (SSSR count). The molecule has 2 heteroatoms. The fourth-order valence-electron chi connectivity index (χ4n) is 0.969. The van der Waals surface area contributed by atoms with Crippen LogP contribution in [0.4, 0.5) is 0 Å². The molecule has 0 spiro atoms. The van der Waals surface area contributed by atoms with Gasteiger partial charge in [0, 0.05) is 6.61 Å². The second-order valence-corrected chi connectivity index (χ2v) is 2.93. The van der Waals surface area contributed by atoms with Crippen LogP contribution in [-0.4, -0.2) is 26.3 Å². The zero-order chi connectivity index (χ0) is 8.53. The van der Waals surface area contributed by atoms with Gasteiger partial charge in [0.1, 0.15) is 0 Å². The molecule has 0 aromatic carbocycles. The summed E-state index contributed by atoms with van der Waals surface area (Å²) in [4.78, 5) is 0. The van der Waals surface area contributed by atoms with Gasteiger partial charge in [-0.25, -0.2) is 0 Å². The molecular weight excluding hydrogens is 138 g/mol. The fourth-order valence-corrected chi connectivity index (χ4v) is 0.969. The Balaban J connectivity index is 3.02. The maximum absolute atomic E-state index is 5.51. The molecule has 0 fully saturated rings. The minimum absolute atomic E-state index is 0.434. The number of ether oxygens (including phenoxy) is 1. The van der Waals surface area contributed by atoms with Crippen LogP contribution < -0.4 is 5.32 Å². The van der Waals surface area contributed by atoms with Crippen molar-refractivity contribution in [2.45, 2.75) is 39.2 Å². The molecule has 0 bridgehead atoms. The summed E-state index contributed by atoms with van der Waals surface area (Å²) in [6.07, 6.45) is 3.93. The van der Waals surface area contributed by atoms with E-state index in [1.54, 1.807) is 0 Å². The highest BCUT2D eigenvalue weighted by molar-refractivity contribution is 4.51. The standard InChI is InChI=1S/C9H21NO/c1-4-8-11-9(2)6-5-7-10-3/h9-10H,4-8H2,1-3H3. The number of hydrogen-bond donors (Lipinski definition) is 1. The molecule has 0 amide bonds. The summed E-state index contributed by atoms with van der Waals surface area (Å²) in [5.74, 6) is 0. The lowest BCUT2D eigenvalue weighted by Gasteiger charge is -2.11. The van der Waals surface area contributed by atoms with Crippen molar-refractivity contribution in [2.24, 2.45) is 0 Å². The Labute approximate surface area is 70.3 Å². The third-order valence-corrected chi connectivity index (χ3v) is 1.64. The first-order chi connectivity index (χ1) is 5.31. The van der Waals surface area contributed by atoms with E-state index in [9.17, 15) is 0 Å². The molecule has 0 saturated carbocycles. The monoisotopic (exact) mass is 159 g/mol. The minimum Gasteiger partial charge on any atom is -0.379 e. The minimum atomic E-state index is 0.434. The molecule has 0 saturated heterocycles. The van der Waals surface area contributed by atoms with Crippen molar-refractivity contribution < 1.29 is 4.74 Å². The Morgan fingerprint density at radius 3 is 2.73 bits per heavy atom. The lowest BCUT2D eigenvalue weighted by atomic mass is 10.2. The molecule has 0 radical (unpaired) electrons. The van der Waals surface area contributed by atoms with Crippen molar-refractivity contribution in [1.82, 2.24) is 5.32 Å².